The molecular weight excluding hydrogens is 216 g/mol. The zero-order valence-corrected chi connectivity index (χ0v) is 9.71. The van der Waals surface area contributed by atoms with Gasteiger partial charge in [0.25, 0.3) is 0 Å². The van der Waals surface area contributed by atoms with Crippen LogP contribution in [0.1, 0.15) is 26.7 Å². The van der Waals surface area contributed by atoms with Gasteiger partial charge in [0.1, 0.15) is 5.78 Å². The van der Waals surface area contributed by atoms with Crippen LogP contribution in [0.3, 0.4) is 0 Å². The smallest absolute Gasteiger partial charge is 0.140 e. The topological polar surface area (TPSA) is 74.3 Å². The third-order valence-corrected chi connectivity index (χ3v) is 4.97. The van der Waals surface area contributed by atoms with E-state index in [2.05, 4.69) is 0 Å². The normalized spacial score (nSPS) is 38.6. The lowest BCUT2D eigenvalue weighted by atomic mass is 9.80. The molecule has 2 saturated carbocycles. The van der Waals surface area contributed by atoms with Crippen molar-refractivity contribution >= 4 is 15.9 Å². The van der Waals surface area contributed by atoms with Crippen LogP contribution >= 0.6 is 0 Å². The molecule has 0 radical (unpaired) electrons. The highest BCUT2D eigenvalue weighted by atomic mass is 32.2. The van der Waals surface area contributed by atoms with Gasteiger partial charge >= 0.3 is 0 Å². The first-order valence-electron chi connectivity index (χ1n) is 5.21. The second-order valence-corrected chi connectivity index (χ2v) is 6.74. The molecular formula is C10H15O4S-. The zero-order chi connectivity index (χ0) is 11.4. The second-order valence-electron chi connectivity index (χ2n) is 5.29. The molecule has 86 valence electrons. The summed E-state index contributed by atoms with van der Waals surface area (Å²) in [7, 11) is -4.28. The van der Waals surface area contributed by atoms with Gasteiger partial charge in [0.15, 0.2) is 0 Å². The van der Waals surface area contributed by atoms with Crippen LogP contribution in [0.15, 0.2) is 0 Å². The van der Waals surface area contributed by atoms with Gasteiger partial charge in [-0.1, -0.05) is 13.8 Å². The number of Topliss-reactive ketones (excluding diaryl/α,β-unsaturated/α-hetero) is 1. The van der Waals surface area contributed by atoms with E-state index in [0.29, 0.717) is 0 Å². The highest BCUT2D eigenvalue weighted by molar-refractivity contribution is 7.85. The molecule has 0 aromatic rings. The first kappa shape index (κ1) is 11.1. The van der Waals surface area contributed by atoms with Crippen molar-refractivity contribution in [2.45, 2.75) is 26.7 Å². The molecule has 2 rings (SSSR count). The fraction of sp³-hybridized carbons (Fsp3) is 0.900. The Hall–Kier alpha value is -0.420. The van der Waals surface area contributed by atoms with Crippen LogP contribution in [0.2, 0.25) is 0 Å². The molecule has 4 nitrogen and oxygen atoms in total. The van der Waals surface area contributed by atoms with Gasteiger partial charge in [-0.25, -0.2) is 8.42 Å². The number of hydrogen-bond donors (Lipinski definition) is 0. The summed E-state index contributed by atoms with van der Waals surface area (Å²) in [5.74, 6) is -0.999. The Bertz CT molecular complexity index is 396. The van der Waals surface area contributed by atoms with Crippen molar-refractivity contribution in [1.82, 2.24) is 0 Å². The van der Waals surface area contributed by atoms with Gasteiger partial charge in [-0.15, -0.1) is 0 Å². The second kappa shape index (κ2) is 3.04. The van der Waals surface area contributed by atoms with Crippen LogP contribution in [-0.4, -0.2) is 24.5 Å². The molecule has 0 aliphatic heterocycles. The average molecular weight is 231 g/mol. The van der Waals surface area contributed by atoms with Gasteiger partial charge in [-0.3, -0.25) is 4.79 Å². The van der Waals surface area contributed by atoms with E-state index < -0.39 is 21.8 Å². The largest absolute Gasteiger partial charge is 0.748 e. The van der Waals surface area contributed by atoms with Gasteiger partial charge in [0.2, 0.25) is 0 Å². The highest BCUT2D eigenvalue weighted by Gasteiger charge is 2.58. The Balaban J connectivity index is 2.27. The van der Waals surface area contributed by atoms with E-state index in [9.17, 15) is 17.8 Å². The summed E-state index contributed by atoms with van der Waals surface area (Å²) in [6.45, 7) is 4.01. The third kappa shape index (κ3) is 1.61. The van der Waals surface area contributed by atoms with Crippen LogP contribution < -0.4 is 0 Å². The van der Waals surface area contributed by atoms with Gasteiger partial charge in [0, 0.05) is 17.6 Å². The molecule has 2 aliphatic carbocycles. The predicted octanol–water partition coefficient (Wildman–Crippen LogP) is 0.783. The van der Waals surface area contributed by atoms with E-state index in [1.807, 2.05) is 13.8 Å². The Morgan fingerprint density at radius 3 is 2.40 bits per heavy atom. The predicted molar refractivity (Wildman–Crippen MR) is 53.1 cm³/mol. The quantitative estimate of drug-likeness (QED) is 0.658. The van der Waals surface area contributed by atoms with Crippen molar-refractivity contribution in [1.29, 1.82) is 0 Å². The maximum Gasteiger partial charge on any atom is 0.140 e. The van der Waals surface area contributed by atoms with E-state index in [1.165, 1.54) is 0 Å². The molecule has 15 heavy (non-hydrogen) atoms. The first-order chi connectivity index (χ1) is 6.73. The molecule has 3 unspecified atom stereocenters. The fourth-order valence-corrected chi connectivity index (χ4v) is 4.29. The third-order valence-electron chi connectivity index (χ3n) is 4.20. The Labute approximate surface area is 89.8 Å². The minimum absolute atomic E-state index is 0.00400. The molecule has 0 N–H and O–H groups in total. The number of hydrogen-bond acceptors (Lipinski definition) is 4. The lowest BCUT2D eigenvalue weighted by Gasteiger charge is -2.25. The van der Waals surface area contributed by atoms with Gasteiger partial charge in [-0.2, -0.15) is 0 Å². The maximum atomic E-state index is 11.9. The summed E-state index contributed by atoms with van der Waals surface area (Å²) < 4.78 is 32.1. The monoisotopic (exact) mass is 231 g/mol. The highest BCUT2D eigenvalue weighted by Crippen LogP contribution is 2.58. The molecule has 0 spiro atoms. The summed E-state index contributed by atoms with van der Waals surface area (Å²) >= 11 is 0. The number of rotatable bonds is 2. The van der Waals surface area contributed by atoms with E-state index >= 15 is 0 Å². The number of fused-ring (bicyclic) bond motifs is 2. The van der Waals surface area contributed by atoms with Crippen molar-refractivity contribution in [3.8, 4) is 0 Å². The number of ketones is 1. The van der Waals surface area contributed by atoms with Crippen molar-refractivity contribution in [2.24, 2.45) is 23.2 Å². The van der Waals surface area contributed by atoms with Gasteiger partial charge < -0.3 is 4.55 Å². The van der Waals surface area contributed by atoms with Crippen LogP contribution in [0.5, 0.6) is 0 Å². The van der Waals surface area contributed by atoms with Crippen molar-refractivity contribution in [3.63, 3.8) is 0 Å². The average Bonchev–Trinajstić information content (AvgIpc) is 2.40. The SMILES string of the molecule is CC1(C)C2CCC1C(CS(=O)(=O)[O-])C2=O. The fourth-order valence-electron chi connectivity index (χ4n) is 3.45. The summed E-state index contributed by atoms with van der Waals surface area (Å²) in [6.07, 6.45) is 1.73. The standard InChI is InChI=1S/C10H16O4S/c1-10(2)7-3-4-8(10)9(11)6(7)5-15(12,13)14/h6-8H,3-5H2,1-2H3,(H,12,13,14)/p-1. The van der Waals surface area contributed by atoms with Crippen LogP contribution in [0.25, 0.3) is 0 Å². The van der Waals surface area contributed by atoms with Crippen molar-refractivity contribution < 1.29 is 17.8 Å². The Morgan fingerprint density at radius 2 is 2.00 bits per heavy atom. The van der Waals surface area contributed by atoms with E-state index in [0.717, 1.165) is 12.8 Å². The minimum Gasteiger partial charge on any atom is -0.748 e. The van der Waals surface area contributed by atoms with Crippen LogP contribution in [-0.2, 0) is 14.9 Å². The van der Waals surface area contributed by atoms with Gasteiger partial charge in [-0.05, 0) is 24.2 Å². The van der Waals surface area contributed by atoms with Crippen molar-refractivity contribution in [3.05, 3.63) is 0 Å². The molecule has 2 bridgehead atoms. The first-order valence-corrected chi connectivity index (χ1v) is 6.78. The molecule has 2 aliphatic rings. The molecule has 0 heterocycles. The maximum absolute atomic E-state index is 11.9. The van der Waals surface area contributed by atoms with E-state index in [4.69, 9.17) is 0 Å². The molecule has 3 atom stereocenters. The molecule has 2 fully saturated rings. The molecule has 0 saturated heterocycles. The molecule has 5 heteroatoms. The van der Waals surface area contributed by atoms with Gasteiger partial charge in [0.05, 0.1) is 10.1 Å². The summed E-state index contributed by atoms with van der Waals surface area (Å²) in [5, 5.41) is 0. The van der Waals surface area contributed by atoms with E-state index in [1.54, 1.807) is 0 Å². The Kier molecular flexibility index (Phi) is 2.25. The minimum atomic E-state index is -4.28. The summed E-state index contributed by atoms with van der Waals surface area (Å²) in [4.78, 5) is 11.9. The molecule has 0 amide bonds. The lowest BCUT2D eigenvalue weighted by Crippen LogP contribution is -2.29. The van der Waals surface area contributed by atoms with E-state index in [-0.39, 0.29) is 23.0 Å². The summed E-state index contributed by atoms with van der Waals surface area (Å²) in [6, 6.07) is 0. The van der Waals surface area contributed by atoms with Crippen LogP contribution in [0.4, 0.5) is 0 Å². The number of carbonyl (C=O) groups is 1. The zero-order valence-electron chi connectivity index (χ0n) is 8.89. The van der Waals surface area contributed by atoms with Crippen LogP contribution in [0, 0.1) is 23.2 Å². The number of carbonyl (C=O) groups excluding carboxylic acids is 1. The molecule has 0 aromatic carbocycles. The van der Waals surface area contributed by atoms with Crippen molar-refractivity contribution in [2.75, 3.05) is 5.75 Å². The molecule has 0 aromatic heterocycles. The lowest BCUT2D eigenvalue weighted by molar-refractivity contribution is -0.125. The Morgan fingerprint density at radius 1 is 1.40 bits per heavy atom. The summed E-state index contributed by atoms with van der Waals surface area (Å²) in [5.41, 5.74) is -0.119.